The molecule has 1 fully saturated rings. The summed E-state index contributed by atoms with van der Waals surface area (Å²) >= 11 is 0. The van der Waals surface area contributed by atoms with E-state index in [0.29, 0.717) is 17.5 Å². The van der Waals surface area contributed by atoms with E-state index in [4.69, 9.17) is 0 Å². The number of rotatable bonds is 5. The highest BCUT2D eigenvalue weighted by Crippen LogP contribution is 2.44. The monoisotopic (exact) mass is 452 g/mol. The van der Waals surface area contributed by atoms with Crippen molar-refractivity contribution < 1.29 is 17.2 Å². The molecule has 0 amide bonds. The first-order valence-electron chi connectivity index (χ1n) is 10.3. The first kappa shape index (κ1) is 22.1. The van der Waals surface area contributed by atoms with Crippen molar-refractivity contribution in [1.29, 1.82) is 5.26 Å². The zero-order valence-electron chi connectivity index (χ0n) is 17.5. The Kier molecular flexibility index (Phi) is 5.85. The van der Waals surface area contributed by atoms with Crippen molar-refractivity contribution in [2.45, 2.75) is 23.7 Å². The molecule has 3 aromatic rings. The Morgan fingerprint density at radius 1 is 0.906 bits per heavy atom. The highest BCUT2D eigenvalue weighted by atomic mass is 32.2. The van der Waals surface area contributed by atoms with E-state index in [2.05, 4.69) is 6.07 Å². The Balaban J connectivity index is 1.76. The number of halogens is 2. The average Bonchev–Trinajstić information content (AvgIpc) is 3.29. The van der Waals surface area contributed by atoms with Gasteiger partial charge in [0.15, 0.2) is 0 Å². The fourth-order valence-electron chi connectivity index (χ4n) is 4.44. The second-order valence-electron chi connectivity index (χ2n) is 8.10. The van der Waals surface area contributed by atoms with Gasteiger partial charge in [-0.05, 0) is 60.9 Å². The molecule has 0 bridgehead atoms. The molecule has 164 valence electrons. The second kappa shape index (κ2) is 8.45. The minimum atomic E-state index is -3.73. The van der Waals surface area contributed by atoms with Gasteiger partial charge in [0.05, 0.1) is 11.0 Å². The van der Waals surface area contributed by atoms with Crippen molar-refractivity contribution in [1.82, 2.24) is 4.31 Å². The molecular weight excluding hydrogens is 430 g/mol. The average molecular weight is 453 g/mol. The Morgan fingerprint density at radius 2 is 1.41 bits per heavy atom. The van der Waals surface area contributed by atoms with Crippen LogP contribution in [-0.4, -0.2) is 25.8 Å². The molecule has 1 heterocycles. The van der Waals surface area contributed by atoms with Gasteiger partial charge in [0.1, 0.15) is 17.0 Å². The Bertz CT molecular complexity index is 1200. The van der Waals surface area contributed by atoms with E-state index in [-0.39, 0.29) is 18.0 Å². The van der Waals surface area contributed by atoms with Crippen LogP contribution in [0.5, 0.6) is 0 Å². The van der Waals surface area contributed by atoms with Crippen LogP contribution in [0.3, 0.4) is 0 Å². The van der Waals surface area contributed by atoms with Gasteiger partial charge in [-0.1, -0.05) is 42.0 Å². The molecule has 0 radical (unpaired) electrons. The molecule has 0 spiro atoms. The molecule has 1 atom stereocenters. The van der Waals surface area contributed by atoms with Gasteiger partial charge >= 0.3 is 0 Å². The first-order valence-corrected chi connectivity index (χ1v) is 11.7. The van der Waals surface area contributed by atoms with Crippen LogP contribution in [0.4, 0.5) is 8.78 Å². The van der Waals surface area contributed by atoms with Crippen molar-refractivity contribution in [2.75, 3.05) is 13.1 Å². The third kappa shape index (κ3) is 3.81. The lowest BCUT2D eigenvalue weighted by Crippen LogP contribution is -2.38. The SMILES string of the molecule is Cc1ccc(S(=O)(=O)N2CCC(C(C#N)(c3ccc(F)cc3)c3ccc(F)cc3)C2)cc1. The number of sulfonamides is 1. The van der Waals surface area contributed by atoms with E-state index >= 15 is 0 Å². The van der Waals surface area contributed by atoms with Crippen LogP contribution in [0.25, 0.3) is 0 Å². The van der Waals surface area contributed by atoms with Crippen molar-refractivity contribution in [3.8, 4) is 6.07 Å². The van der Waals surface area contributed by atoms with Gasteiger partial charge in [-0.25, -0.2) is 17.2 Å². The Labute approximate surface area is 186 Å². The lowest BCUT2D eigenvalue weighted by molar-refractivity contribution is 0.392. The largest absolute Gasteiger partial charge is 0.243 e. The highest BCUT2D eigenvalue weighted by Gasteiger charge is 2.47. The topological polar surface area (TPSA) is 61.2 Å². The molecule has 4 nitrogen and oxygen atoms in total. The normalized spacial score (nSPS) is 17.2. The summed E-state index contributed by atoms with van der Waals surface area (Å²) in [6.07, 6.45) is 0.438. The molecule has 0 aromatic heterocycles. The fraction of sp³-hybridized carbons (Fsp3) is 0.240. The lowest BCUT2D eigenvalue weighted by Gasteiger charge is -2.34. The van der Waals surface area contributed by atoms with Crippen LogP contribution >= 0.6 is 0 Å². The quantitative estimate of drug-likeness (QED) is 0.559. The summed E-state index contributed by atoms with van der Waals surface area (Å²) in [5, 5.41) is 10.4. The maximum absolute atomic E-state index is 13.6. The first-order chi connectivity index (χ1) is 15.3. The number of benzene rings is 3. The number of hydrogen-bond acceptors (Lipinski definition) is 3. The molecule has 7 heteroatoms. The summed E-state index contributed by atoms with van der Waals surface area (Å²) in [5.74, 6) is -1.27. The van der Waals surface area contributed by atoms with Crippen LogP contribution in [-0.2, 0) is 15.4 Å². The van der Waals surface area contributed by atoms with E-state index in [1.165, 1.54) is 28.6 Å². The predicted molar refractivity (Wildman–Crippen MR) is 117 cm³/mol. The standard InChI is InChI=1S/C25H22F2N2O2S/c1-18-2-12-24(13-3-18)32(30,31)29-15-14-21(16-29)25(17-28,19-4-8-22(26)9-5-19)20-6-10-23(27)11-7-20/h2-13,21H,14-16H2,1H3. The van der Waals surface area contributed by atoms with Gasteiger partial charge in [0.2, 0.25) is 10.0 Å². The van der Waals surface area contributed by atoms with Gasteiger partial charge < -0.3 is 0 Å². The van der Waals surface area contributed by atoms with E-state index in [1.54, 1.807) is 48.5 Å². The summed E-state index contributed by atoms with van der Waals surface area (Å²) in [5.41, 5.74) is 0.804. The highest BCUT2D eigenvalue weighted by molar-refractivity contribution is 7.89. The summed E-state index contributed by atoms with van der Waals surface area (Å²) < 4.78 is 55.1. The molecule has 1 aliphatic heterocycles. The van der Waals surface area contributed by atoms with Crippen molar-refractivity contribution >= 4 is 10.0 Å². The molecule has 4 rings (SSSR count). The Hall–Kier alpha value is -3.08. The maximum atomic E-state index is 13.6. The molecule has 0 N–H and O–H groups in total. The van der Waals surface area contributed by atoms with E-state index in [1.807, 2.05) is 6.92 Å². The van der Waals surface area contributed by atoms with Gasteiger partial charge in [-0.3, -0.25) is 0 Å². The maximum Gasteiger partial charge on any atom is 0.243 e. The van der Waals surface area contributed by atoms with Crippen LogP contribution in [0.2, 0.25) is 0 Å². The lowest BCUT2D eigenvalue weighted by atomic mass is 9.66. The number of aryl methyl sites for hydroxylation is 1. The molecule has 1 saturated heterocycles. The van der Waals surface area contributed by atoms with Crippen molar-refractivity contribution in [3.63, 3.8) is 0 Å². The van der Waals surface area contributed by atoms with E-state index < -0.39 is 33.0 Å². The van der Waals surface area contributed by atoms with Crippen LogP contribution in [0.1, 0.15) is 23.1 Å². The number of nitriles is 1. The van der Waals surface area contributed by atoms with Gasteiger partial charge in [0, 0.05) is 19.0 Å². The third-order valence-electron chi connectivity index (χ3n) is 6.20. The van der Waals surface area contributed by atoms with E-state index in [9.17, 15) is 22.5 Å². The second-order valence-corrected chi connectivity index (χ2v) is 10.0. The summed E-state index contributed by atoms with van der Waals surface area (Å²) in [6, 6.07) is 20.3. The fourth-order valence-corrected chi connectivity index (χ4v) is 5.94. The minimum Gasteiger partial charge on any atom is -0.207 e. The summed E-state index contributed by atoms with van der Waals surface area (Å²) in [7, 11) is -3.73. The summed E-state index contributed by atoms with van der Waals surface area (Å²) in [6.45, 7) is 2.26. The molecule has 3 aromatic carbocycles. The Morgan fingerprint density at radius 3 is 1.88 bits per heavy atom. The van der Waals surface area contributed by atoms with Gasteiger partial charge in [-0.2, -0.15) is 9.57 Å². The van der Waals surface area contributed by atoms with Gasteiger partial charge in [-0.15, -0.1) is 0 Å². The van der Waals surface area contributed by atoms with E-state index in [0.717, 1.165) is 5.56 Å². The number of hydrogen-bond donors (Lipinski definition) is 0. The molecular formula is C25H22F2N2O2S. The number of nitrogens with zero attached hydrogens (tertiary/aromatic N) is 2. The van der Waals surface area contributed by atoms with Crippen LogP contribution in [0, 0.1) is 35.8 Å². The van der Waals surface area contributed by atoms with Crippen molar-refractivity contribution in [2.24, 2.45) is 5.92 Å². The van der Waals surface area contributed by atoms with Crippen molar-refractivity contribution in [3.05, 3.63) is 101 Å². The molecule has 1 aliphatic rings. The zero-order valence-corrected chi connectivity index (χ0v) is 18.3. The summed E-state index contributed by atoms with van der Waals surface area (Å²) in [4.78, 5) is 0.204. The van der Waals surface area contributed by atoms with Gasteiger partial charge in [0.25, 0.3) is 0 Å². The molecule has 0 saturated carbocycles. The zero-order chi connectivity index (χ0) is 22.9. The smallest absolute Gasteiger partial charge is 0.207 e. The molecule has 32 heavy (non-hydrogen) atoms. The van der Waals surface area contributed by atoms with Crippen LogP contribution in [0.15, 0.2) is 77.7 Å². The molecule has 0 aliphatic carbocycles. The predicted octanol–water partition coefficient (Wildman–Crippen LogP) is 4.79. The molecule has 1 unspecified atom stereocenters. The minimum absolute atomic E-state index is 0.124. The van der Waals surface area contributed by atoms with Crippen LogP contribution < -0.4 is 0 Å². The third-order valence-corrected chi connectivity index (χ3v) is 8.08.